The molecule has 0 saturated carbocycles. The normalized spacial score (nSPS) is 10.9. The van der Waals surface area contributed by atoms with Crippen LogP contribution in [0, 0.1) is 0 Å². The molecule has 4 rings (SSSR count). The Kier molecular flexibility index (Phi) is 4.17. The Labute approximate surface area is 146 Å². The number of ketones is 1. The van der Waals surface area contributed by atoms with Crippen molar-refractivity contribution in [2.45, 2.75) is 12.8 Å². The molecule has 2 nitrogen and oxygen atoms in total. The Bertz CT molecular complexity index is 998. The predicted molar refractivity (Wildman–Crippen MR) is 99.9 cm³/mol. The standard InChI is InChI=1S/C23H18O2/c24-21(18-11-5-2-6-12-18)16-20-19-13-7-8-14-22(19)25-23(20)15-17-9-3-1-4-10-17/h1-14H,15-16H2. The van der Waals surface area contributed by atoms with Crippen LogP contribution in [-0.2, 0) is 12.8 Å². The first-order valence-corrected chi connectivity index (χ1v) is 8.43. The molecule has 0 atom stereocenters. The van der Waals surface area contributed by atoms with Crippen LogP contribution in [0.2, 0.25) is 0 Å². The Balaban J connectivity index is 1.73. The first-order valence-electron chi connectivity index (χ1n) is 8.43. The first-order chi connectivity index (χ1) is 12.3. The van der Waals surface area contributed by atoms with Gasteiger partial charge in [0.1, 0.15) is 11.3 Å². The number of rotatable bonds is 5. The van der Waals surface area contributed by atoms with Crippen molar-refractivity contribution in [3.8, 4) is 0 Å². The molecule has 25 heavy (non-hydrogen) atoms. The topological polar surface area (TPSA) is 30.2 Å². The molecule has 0 aliphatic heterocycles. The number of benzene rings is 3. The second-order valence-corrected chi connectivity index (χ2v) is 6.13. The number of carbonyl (C=O) groups is 1. The lowest BCUT2D eigenvalue weighted by Gasteiger charge is -2.04. The zero-order valence-corrected chi connectivity index (χ0v) is 13.8. The van der Waals surface area contributed by atoms with E-state index in [0.29, 0.717) is 12.8 Å². The maximum Gasteiger partial charge on any atom is 0.167 e. The van der Waals surface area contributed by atoms with Crippen molar-refractivity contribution in [3.05, 3.63) is 107 Å². The van der Waals surface area contributed by atoms with Crippen molar-refractivity contribution in [3.63, 3.8) is 0 Å². The van der Waals surface area contributed by atoms with E-state index in [4.69, 9.17) is 4.42 Å². The van der Waals surface area contributed by atoms with Crippen molar-refractivity contribution in [2.75, 3.05) is 0 Å². The summed E-state index contributed by atoms with van der Waals surface area (Å²) in [6.07, 6.45) is 1.04. The average molecular weight is 326 g/mol. The number of para-hydroxylation sites is 1. The highest BCUT2D eigenvalue weighted by molar-refractivity contribution is 6.00. The van der Waals surface area contributed by atoms with Gasteiger partial charge < -0.3 is 4.42 Å². The highest BCUT2D eigenvalue weighted by Gasteiger charge is 2.18. The predicted octanol–water partition coefficient (Wildman–Crippen LogP) is 5.45. The van der Waals surface area contributed by atoms with Crippen LogP contribution in [0.1, 0.15) is 27.2 Å². The number of hydrogen-bond acceptors (Lipinski definition) is 2. The molecule has 0 aliphatic rings. The van der Waals surface area contributed by atoms with Crippen LogP contribution in [0.5, 0.6) is 0 Å². The third-order valence-corrected chi connectivity index (χ3v) is 4.42. The number of hydrogen-bond donors (Lipinski definition) is 0. The quantitative estimate of drug-likeness (QED) is 0.457. The van der Waals surface area contributed by atoms with Gasteiger partial charge in [-0.1, -0.05) is 78.9 Å². The van der Waals surface area contributed by atoms with E-state index in [2.05, 4.69) is 12.1 Å². The third kappa shape index (κ3) is 3.24. The van der Waals surface area contributed by atoms with E-state index in [1.807, 2.05) is 72.8 Å². The summed E-state index contributed by atoms with van der Waals surface area (Å²) in [7, 11) is 0. The van der Waals surface area contributed by atoms with E-state index >= 15 is 0 Å². The lowest BCUT2D eigenvalue weighted by molar-refractivity contribution is 0.0992. The van der Waals surface area contributed by atoms with Crippen LogP contribution >= 0.6 is 0 Å². The minimum Gasteiger partial charge on any atom is -0.460 e. The van der Waals surface area contributed by atoms with E-state index in [0.717, 1.165) is 27.9 Å². The molecule has 3 aromatic carbocycles. The molecule has 0 spiro atoms. The summed E-state index contributed by atoms with van der Waals surface area (Å²) in [5, 5.41) is 1.03. The fourth-order valence-electron chi connectivity index (χ4n) is 3.15. The maximum atomic E-state index is 12.7. The third-order valence-electron chi connectivity index (χ3n) is 4.42. The molecule has 0 fully saturated rings. The molecular weight excluding hydrogens is 308 g/mol. The molecule has 1 heterocycles. The van der Waals surface area contributed by atoms with Crippen molar-refractivity contribution < 1.29 is 9.21 Å². The monoisotopic (exact) mass is 326 g/mol. The van der Waals surface area contributed by atoms with Gasteiger partial charge in [0.25, 0.3) is 0 Å². The molecule has 1 aromatic heterocycles. The van der Waals surface area contributed by atoms with Gasteiger partial charge in [-0.05, 0) is 11.6 Å². The Morgan fingerprint density at radius 2 is 1.40 bits per heavy atom. The molecule has 4 aromatic rings. The molecule has 0 amide bonds. The molecule has 122 valence electrons. The number of fused-ring (bicyclic) bond motifs is 1. The van der Waals surface area contributed by atoms with Crippen molar-refractivity contribution in [1.29, 1.82) is 0 Å². The van der Waals surface area contributed by atoms with Gasteiger partial charge in [-0.3, -0.25) is 4.79 Å². The van der Waals surface area contributed by atoms with E-state index in [9.17, 15) is 4.79 Å². The highest BCUT2D eigenvalue weighted by Crippen LogP contribution is 2.29. The van der Waals surface area contributed by atoms with E-state index in [1.165, 1.54) is 5.56 Å². The lowest BCUT2D eigenvalue weighted by Crippen LogP contribution is -2.05. The van der Waals surface area contributed by atoms with Gasteiger partial charge in [0.15, 0.2) is 5.78 Å². The second-order valence-electron chi connectivity index (χ2n) is 6.13. The van der Waals surface area contributed by atoms with Gasteiger partial charge in [-0.15, -0.1) is 0 Å². The summed E-state index contributed by atoms with van der Waals surface area (Å²) < 4.78 is 6.09. The van der Waals surface area contributed by atoms with Crippen molar-refractivity contribution in [1.82, 2.24) is 0 Å². The number of carbonyl (C=O) groups excluding carboxylic acids is 1. The SMILES string of the molecule is O=C(Cc1c(Cc2ccccc2)oc2ccccc12)c1ccccc1. The molecule has 0 N–H and O–H groups in total. The summed E-state index contributed by atoms with van der Waals surface area (Å²) in [4.78, 5) is 12.7. The van der Waals surface area contributed by atoms with Crippen LogP contribution in [0.15, 0.2) is 89.3 Å². The zero-order chi connectivity index (χ0) is 17.1. The smallest absolute Gasteiger partial charge is 0.167 e. The summed E-state index contributed by atoms with van der Waals surface area (Å²) in [5.74, 6) is 0.984. The fourth-order valence-corrected chi connectivity index (χ4v) is 3.15. The summed E-state index contributed by atoms with van der Waals surface area (Å²) >= 11 is 0. The molecule has 0 unspecified atom stereocenters. The fraction of sp³-hybridized carbons (Fsp3) is 0.0870. The maximum absolute atomic E-state index is 12.7. The molecule has 0 aliphatic carbocycles. The zero-order valence-electron chi connectivity index (χ0n) is 13.8. The van der Waals surface area contributed by atoms with Crippen molar-refractivity contribution >= 4 is 16.8 Å². The minimum absolute atomic E-state index is 0.112. The summed E-state index contributed by atoms with van der Waals surface area (Å²) in [6.45, 7) is 0. The molecule has 0 saturated heterocycles. The van der Waals surface area contributed by atoms with Crippen LogP contribution in [0.25, 0.3) is 11.0 Å². The van der Waals surface area contributed by atoms with Gasteiger partial charge in [0.05, 0.1) is 0 Å². The van der Waals surface area contributed by atoms with Gasteiger partial charge in [0.2, 0.25) is 0 Å². The van der Waals surface area contributed by atoms with Gasteiger partial charge in [-0.25, -0.2) is 0 Å². The van der Waals surface area contributed by atoms with Crippen LogP contribution in [-0.4, -0.2) is 5.78 Å². The number of Topliss-reactive ketones (excluding diaryl/α,β-unsaturated/α-hetero) is 1. The second kappa shape index (κ2) is 6.78. The van der Waals surface area contributed by atoms with Crippen LogP contribution in [0.3, 0.4) is 0 Å². The Morgan fingerprint density at radius 3 is 2.16 bits per heavy atom. The molecule has 2 heteroatoms. The largest absolute Gasteiger partial charge is 0.460 e. The van der Waals surface area contributed by atoms with E-state index < -0.39 is 0 Å². The average Bonchev–Trinajstić information content (AvgIpc) is 3.00. The van der Waals surface area contributed by atoms with Gasteiger partial charge >= 0.3 is 0 Å². The first kappa shape index (κ1) is 15.4. The Hall–Kier alpha value is -3.13. The summed E-state index contributed by atoms with van der Waals surface area (Å²) in [6, 6.07) is 27.6. The molecule has 0 bridgehead atoms. The highest BCUT2D eigenvalue weighted by atomic mass is 16.3. The number of furan rings is 1. The van der Waals surface area contributed by atoms with Gasteiger partial charge in [0, 0.05) is 29.4 Å². The molecule has 0 radical (unpaired) electrons. The van der Waals surface area contributed by atoms with E-state index in [1.54, 1.807) is 0 Å². The van der Waals surface area contributed by atoms with Gasteiger partial charge in [-0.2, -0.15) is 0 Å². The minimum atomic E-state index is 0.112. The van der Waals surface area contributed by atoms with E-state index in [-0.39, 0.29) is 5.78 Å². The lowest BCUT2D eigenvalue weighted by atomic mass is 9.98. The van der Waals surface area contributed by atoms with Crippen LogP contribution in [0.4, 0.5) is 0 Å². The van der Waals surface area contributed by atoms with Crippen molar-refractivity contribution in [2.24, 2.45) is 0 Å². The van der Waals surface area contributed by atoms with Crippen LogP contribution < -0.4 is 0 Å². The summed E-state index contributed by atoms with van der Waals surface area (Å²) in [5.41, 5.74) is 3.74. The molecular formula is C23H18O2. The Morgan fingerprint density at radius 1 is 0.760 bits per heavy atom.